The molecule has 1 unspecified atom stereocenters. The van der Waals surface area contributed by atoms with Crippen molar-refractivity contribution in [3.8, 4) is 22.8 Å². The minimum atomic E-state index is -3.16. The van der Waals surface area contributed by atoms with Gasteiger partial charge in [0.25, 0.3) is 5.91 Å². The summed E-state index contributed by atoms with van der Waals surface area (Å²) in [6.07, 6.45) is 1.66. The average molecular weight is 379 g/mol. The second-order valence-corrected chi connectivity index (χ2v) is 8.55. The molecule has 1 fully saturated rings. The van der Waals surface area contributed by atoms with E-state index in [1.807, 2.05) is 0 Å². The van der Waals surface area contributed by atoms with E-state index in [2.05, 4.69) is 10.2 Å². The molecule has 3 rings (SSSR count). The molecule has 1 aromatic heterocycles. The summed E-state index contributed by atoms with van der Waals surface area (Å²) in [7, 11) is -0.0345. The maximum atomic E-state index is 12.6. The Kier molecular flexibility index (Phi) is 4.90. The van der Waals surface area contributed by atoms with E-state index in [0.717, 1.165) is 0 Å². The quantitative estimate of drug-likeness (QED) is 0.841. The van der Waals surface area contributed by atoms with Crippen LogP contribution < -0.4 is 9.47 Å². The summed E-state index contributed by atoms with van der Waals surface area (Å²) in [6.45, 7) is 0.613. The van der Waals surface area contributed by atoms with Gasteiger partial charge in [0.2, 0.25) is 0 Å². The summed E-state index contributed by atoms with van der Waals surface area (Å²) < 4.78 is 33.9. The minimum absolute atomic E-state index is 0.203. The number of aromatic amines is 1. The molecule has 0 aliphatic carbocycles. The number of carbonyl (C=O) groups excluding carboxylic acids is 1. The predicted molar refractivity (Wildman–Crippen MR) is 96.3 cm³/mol. The highest BCUT2D eigenvalue weighted by Gasteiger charge is 2.33. The number of hydrogen-bond donors (Lipinski definition) is 1. The lowest BCUT2D eigenvalue weighted by molar-refractivity contribution is 0.0787. The van der Waals surface area contributed by atoms with Gasteiger partial charge in [-0.15, -0.1) is 0 Å². The number of hydrogen-bond acceptors (Lipinski definition) is 6. The van der Waals surface area contributed by atoms with Gasteiger partial charge in [-0.3, -0.25) is 9.89 Å². The molecule has 2 heterocycles. The number of likely N-dealkylation sites (tertiary alicyclic amines) is 1. The van der Waals surface area contributed by atoms with Crippen LogP contribution in [0, 0.1) is 0 Å². The van der Waals surface area contributed by atoms with Gasteiger partial charge in [0.05, 0.1) is 25.2 Å². The zero-order chi connectivity index (χ0) is 18.9. The van der Waals surface area contributed by atoms with E-state index in [1.165, 1.54) is 11.2 Å². The van der Waals surface area contributed by atoms with Gasteiger partial charge in [-0.25, -0.2) is 8.42 Å². The number of aromatic nitrogens is 2. The van der Waals surface area contributed by atoms with Gasteiger partial charge in [0, 0.05) is 24.9 Å². The van der Waals surface area contributed by atoms with E-state index in [9.17, 15) is 13.2 Å². The van der Waals surface area contributed by atoms with E-state index in [4.69, 9.17) is 9.47 Å². The summed E-state index contributed by atoms with van der Waals surface area (Å²) in [6, 6.07) is 6.95. The fraction of sp³-hybridized carbons (Fsp3) is 0.412. The third-order valence-electron chi connectivity index (χ3n) is 4.53. The molecule has 1 amide bonds. The zero-order valence-corrected chi connectivity index (χ0v) is 15.7. The fourth-order valence-electron chi connectivity index (χ4n) is 3.02. The van der Waals surface area contributed by atoms with Crippen LogP contribution in [0.3, 0.4) is 0 Å². The molecule has 1 aromatic carbocycles. The molecule has 8 nitrogen and oxygen atoms in total. The summed E-state index contributed by atoms with van der Waals surface area (Å²) in [4.78, 5) is 14.2. The average Bonchev–Trinajstić information content (AvgIpc) is 3.29. The molecule has 0 bridgehead atoms. The van der Waals surface area contributed by atoms with Gasteiger partial charge in [-0.05, 0) is 30.7 Å². The van der Waals surface area contributed by atoms with Gasteiger partial charge < -0.3 is 14.4 Å². The van der Waals surface area contributed by atoms with E-state index in [0.29, 0.717) is 41.4 Å². The predicted octanol–water partition coefficient (Wildman–Crippen LogP) is 1.35. The highest BCUT2D eigenvalue weighted by Crippen LogP contribution is 2.32. The van der Waals surface area contributed by atoms with Gasteiger partial charge in [-0.1, -0.05) is 0 Å². The number of H-pyrrole nitrogens is 1. The number of amides is 1. The van der Waals surface area contributed by atoms with Crippen LogP contribution >= 0.6 is 0 Å². The summed E-state index contributed by atoms with van der Waals surface area (Å²) in [5.74, 6) is 0.985. The van der Waals surface area contributed by atoms with Crippen molar-refractivity contribution in [3.63, 3.8) is 0 Å². The largest absolute Gasteiger partial charge is 0.497 e. The highest BCUT2D eigenvalue weighted by atomic mass is 32.2. The SMILES string of the molecule is COc1ccc(OC)c(-c2cc(C(=O)N3CCC(S(C)(=O)=O)C3)[nH]n2)c1. The van der Waals surface area contributed by atoms with Crippen molar-refractivity contribution < 1.29 is 22.7 Å². The number of nitrogens with one attached hydrogen (secondary N) is 1. The van der Waals surface area contributed by atoms with Crippen LogP contribution in [-0.2, 0) is 9.84 Å². The third-order valence-corrected chi connectivity index (χ3v) is 6.12. The molecule has 9 heteroatoms. The second kappa shape index (κ2) is 6.99. The summed E-state index contributed by atoms with van der Waals surface area (Å²) >= 11 is 0. The number of rotatable bonds is 5. The Hall–Kier alpha value is -2.55. The molecule has 0 saturated carbocycles. The van der Waals surface area contributed by atoms with Crippen molar-refractivity contribution in [2.75, 3.05) is 33.6 Å². The number of benzene rings is 1. The molecule has 1 atom stereocenters. The molecule has 1 N–H and O–H groups in total. The molecule has 0 spiro atoms. The molecule has 26 heavy (non-hydrogen) atoms. The van der Waals surface area contributed by atoms with E-state index in [1.54, 1.807) is 38.5 Å². The van der Waals surface area contributed by atoms with Gasteiger partial charge in [0.1, 0.15) is 17.2 Å². The maximum absolute atomic E-state index is 12.6. The Balaban J connectivity index is 1.84. The Morgan fingerprint density at radius 1 is 1.27 bits per heavy atom. The summed E-state index contributed by atoms with van der Waals surface area (Å²) in [5, 5.41) is 6.43. The minimum Gasteiger partial charge on any atom is -0.497 e. The van der Waals surface area contributed by atoms with Crippen LogP contribution in [0.1, 0.15) is 16.9 Å². The van der Waals surface area contributed by atoms with Crippen molar-refractivity contribution >= 4 is 15.7 Å². The maximum Gasteiger partial charge on any atom is 0.271 e. The zero-order valence-electron chi connectivity index (χ0n) is 14.9. The highest BCUT2D eigenvalue weighted by molar-refractivity contribution is 7.91. The standard InChI is InChI=1S/C17H21N3O5S/c1-24-11-4-5-16(25-2)13(8-11)14-9-15(19-18-14)17(21)20-7-6-12(10-20)26(3,22)23/h4-5,8-9,12H,6-7,10H2,1-3H3,(H,18,19). The van der Waals surface area contributed by atoms with E-state index in [-0.39, 0.29) is 12.5 Å². The smallest absolute Gasteiger partial charge is 0.271 e. The number of ether oxygens (including phenoxy) is 2. The molecule has 1 saturated heterocycles. The monoisotopic (exact) mass is 379 g/mol. The number of nitrogens with zero attached hydrogens (tertiary/aromatic N) is 2. The number of methoxy groups -OCH3 is 2. The van der Waals surface area contributed by atoms with Gasteiger partial charge in [-0.2, -0.15) is 5.10 Å². The topological polar surface area (TPSA) is 102 Å². The van der Waals surface area contributed by atoms with E-state index < -0.39 is 15.1 Å². The Morgan fingerprint density at radius 3 is 2.65 bits per heavy atom. The first-order chi connectivity index (χ1) is 12.3. The van der Waals surface area contributed by atoms with Crippen molar-refractivity contribution in [1.29, 1.82) is 0 Å². The molecule has 1 aliphatic heterocycles. The molecule has 0 radical (unpaired) electrons. The molecular weight excluding hydrogens is 358 g/mol. The summed E-state index contributed by atoms with van der Waals surface area (Å²) in [5.41, 5.74) is 1.54. The van der Waals surface area contributed by atoms with Gasteiger partial charge in [0.15, 0.2) is 9.84 Å². The number of sulfone groups is 1. The van der Waals surface area contributed by atoms with Crippen LogP contribution in [0.25, 0.3) is 11.3 Å². The van der Waals surface area contributed by atoms with Crippen molar-refractivity contribution in [1.82, 2.24) is 15.1 Å². The lowest BCUT2D eigenvalue weighted by Gasteiger charge is -2.14. The lowest BCUT2D eigenvalue weighted by atomic mass is 10.1. The van der Waals surface area contributed by atoms with Crippen molar-refractivity contribution in [2.24, 2.45) is 0 Å². The second-order valence-electron chi connectivity index (χ2n) is 6.22. The molecular formula is C17H21N3O5S. The Labute approximate surface area is 152 Å². The Morgan fingerprint density at radius 2 is 2.04 bits per heavy atom. The first-order valence-electron chi connectivity index (χ1n) is 8.09. The normalized spacial score (nSPS) is 17.3. The number of carbonyl (C=O) groups is 1. The first-order valence-corrected chi connectivity index (χ1v) is 10.0. The van der Waals surface area contributed by atoms with Crippen molar-refractivity contribution in [2.45, 2.75) is 11.7 Å². The lowest BCUT2D eigenvalue weighted by Crippen LogP contribution is -2.31. The fourth-order valence-corrected chi connectivity index (χ4v) is 4.00. The van der Waals surface area contributed by atoms with Crippen LogP contribution in [0.2, 0.25) is 0 Å². The van der Waals surface area contributed by atoms with Gasteiger partial charge >= 0.3 is 0 Å². The van der Waals surface area contributed by atoms with Crippen LogP contribution in [0.4, 0.5) is 0 Å². The van der Waals surface area contributed by atoms with Crippen LogP contribution in [-0.4, -0.2) is 68.2 Å². The van der Waals surface area contributed by atoms with Crippen LogP contribution in [0.15, 0.2) is 24.3 Å². The molecule has 1 aliphatic rings. The molecule has 2 aromatic rings. The van der Waals surface area contributed by atoms with Crippen molar-refractivity contribution in [3.05, 3.63) is 30.0 Å². The van der Waals surface area contributed by atoms with Crippen LogP contribution in [0.5, 0.6) is 11.5 Å². The first kappa shape index (κ1) is 18.2. The van der Waals surface area contributed by atoms with E-state index >= 15 is 0 Å². The third kappa shape index (κ3) is 3.52. The molecule has 140 valence electrons. The Bertz CT molecular complexity index is 922.